The number of anilines is 1. The van der Waals surface area contributed by atoms with Gasteiger partial charge in [0.15, 0.2) is 5.60 Å². The zero-order chi connectivity index (χ0) is 18.3. The summed E-state index contributed by atoms with van der Waals surface area (Å²) in [6.45, 7) is 8.62. The molecule has 2 fully saturated rings. The molecule has 5 heteroatoms. The van der Waals surface area contributed by atoms with Gasteiger partial charge in [0.05, 0.1) is 12.0 Å². The van der Waals surface area contributed by atoms with Crippen molar-refractivity contribution in [3.63, 3.8) is 0 Å². The van der Waals surface area contributed by atoms with Gasteiger partial charge in [0.25, 0.3) is 5.91 Å². The highest BCUT2D eigenvalue weighted by atomic mass is 16.6. The van der Waals surface area contributed by atoms with E-state index in [1.807, 2.05) is 45.0 Å². The monoisotopic (exact) mass is 345 g/mol. The number of carbonyl (C=O) groups is 2. The maximum atomic E-state index is 13.0. The van der Waals surface area contributed by atoms with E-state index in [2.05, 4.69) is 12.2 Å². The average Bonchev–Trinajstić information content (AvgIpc) is 2.87. The van der Waals surface area contributed by atoms with Crippen molar-refractivity contribution >= 4 is 17.6 Å². The molecule has 2 unspecified atom stereocenters. The highest BCUT2D eigenvalue weighted by Gasteiger charge is 2.75. The molecule has 1 aliphatic carbocycles. The predicted octanol–water partition coefficient (Wildman–Crippen LogP) is 3.93. The Labute approximate surface area is 149 Å². The molecule has 0 radical (unpaired) electrons. The Balaban J connectivity index is 1.72. The normalized spacial score (nSPS) is 29.4. The number of amides is 1. The molecule has 2 aliphatic rings. The molecule has 1 aromatic carbocycles. The van der Waals surface area contributed by atoms with Gasteiger partial charge < -0.3 is 14.8 Å². The molecule has 3 rings (SSSR count). The van der Waals surface area contributed by atoms with E-state index >= 15 is 0 Å². The largest absolute Gasteiger partial charge is 0.494 e. The number of unbranched alkanes of at least 4 members (excludes halogenated alkanes) is 1. The number of rotatable bonds is 6. The summed E-state index contributed by atoms with van der Waals surface area (Å²) in [6.07, 6.45) is 3.34. The fourth-order valence-electron chi connectivity index (χ4n) is 3.95. The lowest BCUT2D eigenvalue weighted by Crippen LogP contribution is -2.50. The Morgan fingerprint density at radius 1 is 1.20 bits per heavy atom. The summed E-state index contributed by atoms with van der Waals surface area (Å²) in [5, 5.41) is 2.92. The molecular weight excluding hydrogens is 318 g/mol. The summed E-state index contributed by atoms with van der Waals surface area (Å²) in [7, 11) is 0. The standard InChI is InChI=1S/C20H27NO4/c1-5-6-13-24-15-9-7-14(8-10-15)21-16(22)20-12-11-19(4,17(23)25-20)18(20,2)3/h7-10H,5-6,11-13H2,1-4H3,(H,21,22). The van der Waals surface area contributed by atoms with Crippen molar-refractivity contribution in [3.05, 3.63) is 24.3 Å². The summed E-state index contributed by atoms with van der Waals surface area (Å²) in [6, 6.07) is 7.31. The first-order valence-electron chi connectivity index (χ1n) is 9.04. The van der Waals surface area contributed by atoms with Gasteiger partial charge in [0.1, 0.15) is 5.75 Å². The Bertz CT molecular complexity index is 681. The van der Waals surface area contributed by atoms with E-state index in [0.29, 0.717) is 25.1 Å². The van der Waals surface area contributed by atoms with Crippen LogP contribution in [0.5, 0.6) is 5.75 Å². The lowest BCUT2D eigenvalue weighted by atomic mass is 9.66. The van der Waals surface area contributed by atoms with Gasteiger partial charge >= 0.3 is 5.97 Å². The maximum absolute atomic E-state index is 13.0. The van der Waals surface area contributed by atoms with Crippen LogP contribution in [-0.2, 0) is 14.3 Å². The Kier molecular flexibility index (Phi) is 4.30. The summed E-state index contributed by atoms with van der Waals surface area (Å²) in [4.78, 5) is 25.3. The average molecular weight is 345 g/mol. The van der Waals surface area contributed by atoms with Crippen LogP contribution in [0.25, 0.3) is 0 Å². The quantitative estimate of drug-likeness (QED) is 0.627. The second-order valence-electron chi connectivity index (χ2n) is 7.85. The van der Waals surface area contributed by atoms with Crippen molar-refractivity contribution in [1.29, 1.82) is 0 Å². The number of esters is 1. The van der Waals surface area contributed by atoms with Crippen molar-refractivity contribution in [2.24, 2.45) is 10.8 Å². The molecule has 0 spiro atoms. The fourth-order valence-corrected chi connectivity index (χ4v) is 3.95. The van der Waals surface area contributed by atoms with Crippen LogP contribution in [0, 0.1) is 10.8 Å². The zero-order valence-corrected chi connectivity index (χ0v) is 15.5. The van der Waals surface area contributed by atoms with Crippen molar-refractivity contribution in [2.75, 3.05) is 11.9 Å². The van der Waals surface area contributed by atoms with Crippen LogP contribution in [0.4, 0.5) is 5.69 Å². The number of benzene rings is 1. The van der Waals surface area contributed by atoms with E-state index < -0.39 is 16.4 Å². The molecular formula is C20H27NO4. The molecule has 25 heavy (non-hydrogen) atoms. The van der Waals surface area contributed by atoms with E-state index in [9.17, 15) is 9.59 Å². The first kappa shape index (κ1) is 17.8. The van der Waals surface area contributed by atoms with Gasteiger partial charge in [-0.3, -0.25) is 9.59 Å². The Morgan fingerprint density at radius 3 is 2.40 bits per heavy atom. The molecule has 136 valence electrons. The van der Waals surface area contributed by atoms with E-state index in [1.165, 1.54) is 0 Å². The van der Waals surface area contributed by atoms with Gasteiger partial charge in [-0.15, -0.1) is 0 Å². The molecule has 1 heterocycles. The number of ether oxygens (including phenoxy) is 2. The molecule has 5 nitrogen and oxygen atoms in total. The second kappa shape index (κ2) is 6.04. The zero-order valence-electron chi connectivity index (χ0n) is 15.5. The molecule has 1 N–H and O–H groups in total. The molecule has 1 amide bonds. The van der Waals surface area contributed by atoms with E-state index in [4.69, 9.17) is 9.47 Å². The van der Waals surface area contributed by atoms with Crippen LogP contribution >= 0.6 is 0 Å². The highest BCUT2D eigenvalue weighted by molar-refractivity contribution is 6.03. The van der Waals surface area contributed by atoms with E-state index in [0.717, 1.165) is 18.6 Å². The van der Waals surface area contributed by atoms with Crippen LogP contribution in [0.15, 0.2) is 24.3 Å². The maximum Gasteiger partial charge on any atom is 0.313 e. The van der Waals surface area contributed by atoms with Crippen molar-refractivity contribution < 1.29 is 19.1 Å². The van der Waals surface area contributed by atoms with Crippen LogP contribution < -0.4 is 10.1 Å². The Hall–Kier alpha value is -2.04. The van der Waals surface area contributed by atoms with Crippen LogP contribution in [0.3, 0.4) is 0 Å². The third-order valence-corrected chi connectivity index (χ3v) is 6.33. The molecule has 1 aliphatic heterocycles. The number of hydrogen-bond acceptors (Lipinski definition) is 4. The smallest absolute Gasteiger partial charge is 0.313 e. The number of carbonyl (C=O) groups excluding carboxylic acids is 2. The minimum Gasteiger partial charge on any atom is -0.494 e. The van der Waals surface area contributed by atoms with Gasteiger partial charge in [-0.05, 0) is 50.5 Å². The van der Waals surface area contributed by atoms with Gasteiger partial charge in [-0.1, -0.05) is 27.2 Å². The number of fused-ring (bicyclic) bond motifs is 2. The SMILES string of the molecule is CCCCOc1ccc(NC(=O)C23CCC(C)(C(=O)O2)C3(C)C)cc1. The van der Waals surface area contributed by atoms with Crippen LogP contribution in [-0.4, -0.2) is 24.1 Å². The number of nitrogens with one attached hydrogen (secondary N) is 1. The predicted molar refractivity (Wildman–Crippen MR) is 95.4 cm³/mol. The summed E-state index contributed by atoms with van der Waals surface area (Å²) in [5.41, 5.74) is -1.55. The Morgan fingerprint density at radius 2 is 1.88 bits per heavy atom. The highest BCUT2D eigenvalue weighted by Crippen LogP contribution is 2.65. The van der Waals surface area contributed by atoms with Crippen molar-refractivity contribution in [1.82, 2.24) is 0 Å². The van der Waals surface area contributed by atoms with E-state index in [-0.39, 0.29) is 11.9 Å². The summed E-state index contributed by atoms with van der Waals surface area (Å²) in [5.74, 6) is 0.274. The topological polar surface area (TPSA) is 64.6 Å². The van der Waals surface area contributed by atoms with Gasteiger partial charge in [0, 0.05) is 11.1 Å². The molecule has 0 aromatic heterocycles. The van der Waals surface area contributed by atoms with Crippen LogP contribution in [0.2, 0.25) is 0 Å². The molecule has 1 saturated carbocycles. The van der Waals surface area contributed by atoms with Gasteiger partial charge in [-0.25, -0.2) is 0 Å². The van der Waals surface area contributed by atoms with Crippen molar-refractivity contribution in [3.8, 4) is 5.75 Å². The minimum atomic E-state index is -1.09. The summed E-state index contributed by atoms with van der Waals surface area (Å²) < 4.78 is 11.2. The van der Waals surface area contributed by atoms with Gasteiger partial charge in [-0.2, -0.15) is 0 Å². The van der Waals surface area contributed by atoms with E-state index in [1.54, 1.807) is 0 Å². The summed E-state index contributed by atoms with van der Waals surface area (Å²) >= 11 is 0. The fraction of sp³-hybridized carbons (Fsp3) is 0.600. The first-order chi connectivity index (χ1) is 11.8. The number of hydrogen-bond donors (Lipinski definition) is 1. The lowest BCUT2D eigenvalue weighted by molar-refractivity contribution is -0.165. The third kappa shape index (κ3) is 2.52. The van der Waals surface area contributed by atoms with Crippen LogP contribution in [0.1, 0.15) is 53.4 Å². The molecule has 1 aromatic rings. The van der Waals surface area contributed by atoms with Crippen molar-refractivity contribution in [2.45, 2.75) is 59.0 Å². The molecule has 1 saturated heterocycles. The molecule has 2 atom stereocenters. The molecule has 2 bridgehead atoms. The van der Waals surface area contributed by atoms with Gasteiger partial charge in [0.2, 0.25) is 0 Å². The third-order valence-electron chi connectivity index (χ3n) is 6.33. The minimum absolute atomic E-state index is 0.244. The first-order valence-corrected chi connectivity index (χ1v) is 9.04. The lowest BCUT2D eigenvalue weighted by Gasteiger charge is -2.35. The second-order valence-corrected chi connectivity index (χ2v) is 7.85.